The Kier molecular flexibility index (Phi) is 3.37. The predicted molar refractivity (Wildman–Crippen MR) is 72.5 cm³/mol. The molecule has 4 heteroatoms. The minimum Gasteiger partial charge on any atom is -0.488 e. The van der Waals surface area contributed by atoms with E-state index >= 15 is 0 Å². The molecule has 1 aliphatic carbocycles. The summed E-state index contributed by atoms with van der Waals surface area (Å²) >= 11 is 0. The maximum Gasteiger partial charge on any atom is 0.167 e. The fraction of sp³-hybridized carbons (Fsp3) is 0.571. The van der Waals surface area contributed by atoms with Crippen LogP contribution in [0.5, 0.6) is 5.75 Å². The first-order valence-electron chi connectivity index (χ1n) is 6.43. The van der Waals surface area contributed by atoms with E-state index in [1.165, 1.54) is 12.5 Å². The lowest BCUT2D eigenvalue weighted by atomic mass is 9.78. The molecule has 1 saturated carbocycles. The molecule has 3 N–H and O–H groups in total. The summed E-state index contributed by atoms with van der Waals surface area (Å²) in [5, 5.41) is 3.39. The first kappa shape index (κ1) is 13.0. The summed E-state index contributed by atoms with van der Waals surface area (Å²) in [6.07, 6.45) is 3.39. The molecular weight excluding hydrogens is 231 g/mol. The molecule has 0 atom stereocenters. The minimum absolute atomic E-state index is 0.0599. The maximum atomic E-state index is 13.7. The third-order valence-electron chi connectivity index (χ3n) is 3.36. The number of nitrogen functional groups attached to an aromatic ring is 1. The molecule has 0 aromatic heterocycles. The Morgan fingerprint density at radius 1 is 1.39 bits per heavy atom. The van der Waals surface area contributed by atoms with E-state index in [4.69, 9.17) is 10.5 Å². The molecule has 0 saturated heterocycles. The fourth-order valence-electron chi connectivity index (χ4n) is 2.18. The Bertz CT molecular complexity index is 442. The molecule has 0 bridgehead atoms. The Balaban J connectivity index is 2.23. The normalized spacial score (nSPS) is 17.4. The van der Waals surface area contributed by atoms with Crippen molar-refractivity contribution in [3.63, 3.8) is 0 Å². The molecule has 0 spiro atoms. The molecule has 1 fully saturated rings. The smallest absolute Gasteiger partial charge is 0.167 e. The van der Waals surface area contributed by atoms with Crippen molar-refractivity contribution in [2.75, 3.05) is 11.1 Å². The lowest BCUT2D eigenvalue weighted by molar-refractivity contribution is 0.231. The summed E-state index contributed by atoms with van der Waals surface area (Å²) in [7, 11) is 0. The molecule has 1 aliphatic rings. The predicted octanol–water partition coefficient (Wildman–Crippen LogP) is 3.55. The zero-order valence-electron chi connectivity index (χ0n) is 11.2. The number of halogens is 1. The van der Waals surface area contributed by atoms with Gasteiger partial charge in [-0.25, -0.2) is 4.39 Å². The molecule has 1 aromatic carbocycles. The fourth-order valence-corrected chi connectivity index (χ4v) is 2.18. The standard InChI is InChI=1S/C14H21FN2O/c1-9(2)18-13-8-12(11(16)7-10(13)15)17-14(3)5-4-6-14/h7-9,17H,4-6,16H2,1-3H3. The number of anilines is 2. The lowest BCUT2D eigenvalue weighted by Gasteiger charge is -2.40. The molecule has 0 heterocycles. The van der Waals surface area contributed by atoms with Gasteiger partial charge in [0.25, 0.3) is 0 Å². The third-order valence-corrected chi connectivity index (χ3v) is 3.36. The highest BCUT2D eigenvalue weighted by Gasteiger charge is 2.32. The Morgan fingerprint density at radius 3 is 2.56 bits per heavy atom. The van der Waals surface area contributed by atoms with Gasteiger partial charge in [-0.1, -0.05) is 0 Å². The van der Waals surface area contributed by atoms with Crippen molar-refractivity contribution in [2.24, 2.45) is 0 Å². The van der Waals surface area contributed by atoms with Gasteiger partial charge >= 0.3 is 0 Å². The summed E-state index contributed by atoms with van der Waals surface area (Å²) < 4.78 is 19.1. The van der Waals surface area contributed by atoms with Crippen LogP contribution in [0.1, 0.15) is 40.0 Å². The van der Waals surface area contributed by atoms with E-state index in [1.54, 1.807) is 6.07 Å². The van der Waals surface area contributed by atoms with Crippen LogP contribution in [0.3, 0.4) is 0 Å². The average Bonchev–Trinajstić information content (AvgIpc) is 2.22. The molecule has 2 rings (SSSR count). The van der Waals surface area contributed by atoms with E-state index in [1.807, 2.05) is 13.8 Å². The lowest BCUT2D eigenvalue weighted by Crippen LogP contribution is -2.41. The molecule has 0 aliphatic heterocycles. The van der Waals surface area contributed by atoms with Crippen molar-refractivity contribution in [3.8, 4) is 5.75 Å². The number of ether oxygens (including phenoxy) is 1. The second kappa shape index (κ2) is 4.67. The van der Waals surface area contributed by atoms with Gasteiger partial charge in [0.2, 0.25) is 0 Å². The number of hydrogen-bond donors (Lipinski definition) is 2. The van der Waals surface area contributed by atoms with Crippen LogP contribution in [-0.4, -0.2) is 11.6 Å². The van der Waals surface area contributed by atoms with Crippen molar-refractivity contribution < 1.29 is 9.13 Å². The second-order valence-electron chi connectivity index (χ2n) is 5.58. The van der Waals surface area contributed by atoms with Gasteiger partial charge in [0, 0.05) is 17.7 Å². The van der Waals surface area contributed by atoms with Gasteiger partial charge in [0.1, 0.15) is 0 Å². The van der Waals surface area contributed by atoms with Gasteiger partial charge in [0.15, 0.2) is 11.6 Å². The molecule has 18 heavy (non-hydrogen) atoms. The third kappa shape index (κ3) is 2.68. The SMILES string of the molecule is CC(C)Oc1cc(NC2(C)CCC2)c(N)cc1F. The molecule has 0 unspecified atom stereocenters. The van der Waals surface area contributed by atoms with Crippen LogP contribution < -0.4 is 15.8 Å². The minimum atomic E-state index is -0.412. The highest BCUT2D eigenvalue weighted by atomic mass is 19.1. The summed E-state index contributed by atoms with van der Waals surface area (Å²) in [4.78, 5) is 0. The molecule has 3 nitrogen and oxygen atoms in total. The van der Waals surface area contributed by atoms with Crippen LogP contribution in [-0.2, 0) is 0 Å². The van der Waals surface area contributed by atoms with Gasteiger partial charge < -0.3 is 15.8 Å². The zero-order valence-corrected chi connectivity index (χ0v) is 11.2. The number of benzene rings is 1. The van der Waals surface area contributed by atoms with Crippen LogP contribution in [0.25, 0.3) is 0 Å². The molecule has 100 valence electrons. The average molecular weight is 252 g/mol. The van der Waals surface area contributed by atoms with Crippen LogP contribution in [0.15, 0.2) is 12.1 Å². The highest BCUT2D eigenvalue weighted by molar-refractivity contribution is 5.69. The zero-order chi connectivity index (χ0) is 13.3. The van der Waals surface area contributed by atoms with Crippen LogP contribution >= 0.6 is 0 Å². The Hall–Kier alpha value is -1.45. The van der Waals surface area contributed by atoms with Crippen molar-refractivity contribution in [3.05, 3.63) is 17.9 Å². The van der Waals surface area contributed by atoms with Crippen LogP contribution in [0, 0.1) is 5.82 Å². The monoisotopic (exact) mass is 252 g/mol. The summed E-state index contributed by atoms with van der Waals surface area (Å²) in [5.41, 5.74) is 7.12. The first-order valence-corrected chi connectivity index (χ1v) is 6.43. The molecule has 1 aromatic rings. The molecular formula is C14H21FN2O. The summed E-state index contributed by atoms with van der Waals surface area (Å²) in [5.74, 6) is -0.157. The van der Waals surface area contributed by atoms with Gasteiger partial charge in [0.05, 0.1) is 17.5 Å². The first-order chi connectivity index (χ1) is 8.39. The highest BCUT2D eigenvalue weighted by Crippen LogP contribution is 2.38. The van der Waals surface area contributed by atoms with Gasteiger partial charge in [-0.15, -0.1) is 0 Å². The van der Waals surface area contributed by atoms with Gasteiger partial charge in [-0.3, -0.25) is 0 Å². The number of rotatable bonds is 4. The van der Waals surface area contributed by atoms with E-state index < -0.39 is 5.82 Å². The van der Waals surface area contributed by atoms with Crippen LogP contribution in [0.2, 0.25) is 0 Å². The number of hydrogen-bond acceptors (Lipinski definition) is 3. The second-order valence-corrected chi connectivity index (χ2v) is 5.58. The van der Waals surface area contributed by atoms with E-state index in [0.717, 1.165) is 18.5 Å². The van der Waals surface area contributed by atoms with Gasteiger partial charge in [-0.2, -0.15) is 0 Å². The Labute approximate surface area is 108 Å². The summed E-state index contributed by atoms with van der Waals surface area (Å²) in [6.45, 7) is 5.90. The van der Waals surface area contributed by atoms with Crippen molar-refractivity contribution in [1.82, 2.24) is 0 Å². The number of nitrogens with two attached hydrogens (primary N) is 1. The Morgan fingerprint density at radius 2 is 2.06 bits per heavy atom. The van der Waals surface area contributed by atoms with Gasteiger partial charge in [-0.05, 0) is 40.0 Å². The largest absolute Gasteiger partial charge is 0.488 e. The van der Waals surface area contributed by atoms with Crippen molar-refractivity contribution in [1.29, 1.82) is 0 Å². The maximum absolute atomic E-state index is 13.7. The molecule has 0 radical (unpaired) electrons. The topological polar surface area (TPSA) is 47.3 Å². The van der Waals surface area contributed by atoms with Crippen molar-refractivity contribution >= 4 is 11.4 Å². The quantitative estimate of drug-likeness (QED) is 0.806. The number of nitrogens with one attached hydrogen (secondary N) is 1. The molecule has 0 amide bonds. The van der Waals surface area contributed by atoms with Crippen LogP contribution in [0.4, 0.5) is 15.8 Å². The van der Waals surface area contributed by atoms with E-state index in [-0.39, 0.29) is 17.4 Å². The summed E-state index contributed by atoms with van der Waals surface area (Å²) in [6, 6.07) is 2.98. The van der Waals surface area contributed by atoms with Crippen molar-refractivity contribution in [2.45, 2.75) is 51.7 Å². The van der Waals surface area contributed by atoms with E-state index in [2.05, 4.69) is 12.2 Å². The van der Waals surface area contributed by atoms with E-state index in [0.29, 0.717) is 5.69 Å². The van der Waals surface area contributed by atoms with E-state index in [9.17, 15) is 4.39 Å².